The summed E-state index contributed by atoms with van der Waals surface area (Å²) in [5, 5.41) is 9.61. The summed E-state index contributed by atoms with van der Waals surface area (Å²) in [5.41, 5.74) is 0. The molecule has 0 bridgehead atoms. The second-order valence-electron chi connectivity index (χ2n) is 16.7. The third-order valence-electron chi connectivity index (χ3n) is 9.96. The molecule has 0 aliphatic rings. The predicted molar refractivity (Wildman–Crippen MR) is 231 cm³/mol. The van der Waals surface area contributed by atoms with Crippen molar-refractivity contribution in [2.45, 2.75) is 212 Å². The molecule has 0 saturated carbocycles. The topological polar surface area (TPSA) is 108 Å². The number of likely N-dealkylation sites (N-methyl/N-ethyl adjacent to an activating group) is 1. The number of ether oxygens (including phenoxy) is 4. The second-order valence-corrected chi connectivity index (χ2v) is 16.7. The van der Waals surface area contributed by atoms with Crippen LogP contribution < -0.4 is 0 Å². The molecule has 0 aromatic rings. The average Bonchev–Trinajstić information content (AvgIpc) is 3.15. The van der Waals surface area contributed by atoms with Crippen molar-refractivity contribution in [2.24, 2.45) is 0 Å². The second kappa shape index (κ2) is 39.6. The number of hydrogen-bond donors (Lipinski definition) is 1. The number of carboxylic acid groups (broad SMARTS) is 1. The van der Waals surface area contributed by atoms with Gasteiger partial charge < -0.3 is 28.5 Å². The van der Waals surface area contributed by atoms with Gasteiger partial charge in [-0.3, -0.25) is 9.59 Å². The summed E-state index contributed by atoms with van der Waals surface area (Å²) >= 11 is 0. The number of carbonyl (C=O) groups excluding carboxylic acids is 2. The van der Waals surface area contributed by atoms with Crippen LogP contribution in [-0.2, 0) is 33.3 Å². The number of unbranched alkanes of at least 4 members (excludes halogenated alkanes) is 23. The SMILES string of the molecule is CCCCCCC/C=C\C/C=C\CCCCCCCCCCCCCC(=O)OC(COC(=O)CCCCCCCCCC)COC(OCC[N+](C)(C)C)C(=O)O. The number of carboxylic acids is 1. The first-order chi connectivity index (χ1) is 27.1. The van der Waals surface area contributed by atoms with E-state index in [2.05, 4.69) is 38.2 Å². The fraction of sp³-hybridized carbons (Fsp3) is 0.851. The third kappa shape index (κ3) is 40.0. The van der Waals surface area contributed by atoms with E-state index in [1.165, 1.54) is 128 Å². The van der Waals surface area contributed by atoms with E-state index in [1.54, 1.807) is 0 Å². The van der Waals surface area contributed by atoms with Gasteiger partial charge in [-0.1, -0.05) is 167 Å². The molecule has 0 fully saturated rings. The van der Waals surface area contributed by atoms with E-state index >= 15 is 0 Å². The number of carbonyl (C=O) groups is 3. The Kier molecular flexibility index (Phi) is 38.0. The number of aliphatic carboxylic acids is 1. The zero-order valence-corrected chi connectivity index (χ0v) is 37.1. The van der Waals surface area contributed by atoms with E-state index < -0.39 is 24.3 Å². The summed E-state index contributed by atoms with van der Waals surface area (Å²) in [7, 11) is 5.95. The van der Waals surface area contributed by atoms with Gasteiger partial charge in [-0.25, -0.2) is 4.79 Å². The van der Waals surface area contributed by atoms with Gasteiger partial charge in [0, 0.05) is 12.8 Å². The van der Waals surface area contributed by atoms with E-state index in [4.69, 9.17) is 18.9 Å². The lowest BCUT2D eigenvalue weighted by Crippen LogP contribution is -2.40. The summed E-state index contributed by atoms with van der Waals surface area (Å²) in [6.07, 6.45) is 39.7. The van der Waals surface area contributed by atoms with E-state index in [9.17, 15) is 19.5 Å². The maximum Gasteiger partial charge on any atom is 0.361 e. The molecule has 0 heterocycles. The minimum absolute atomic E-state index is 0.179. The zero-order chi connectivity index (χ0) is 41.4. The Morgan fingerprint density at radius 1 is 0.536 bits per heavy atom. The minimum Gasteiger partial charge on any atom is -0.477 e. The molecule has 2 atom stereocenters. The van der Waals surface area contributed by atoms with Crippen molar-refractivity contribution in [1.82, 2.24) is 0 Å². The summed E-state index contributed by atoms with van der Waals surface area (Å²) in [5.74, 6) is -2.01. The molecule has 0 aliphatic carbocycles. The highest BCUT2D eigenvalue weighted by Crippen LogP contribution is 2.15. The van der Waals surface area contributed by atoms with Crippen molar-refractivity contribution in [2.75, 3.05) is 47.5 Å². The third-order valence-corrected chi connectivity index (χ3v) is 9.96. The van der Waals surface area contributed by atoms with Gasteiger partial charge in [-0.05, 0) is 44.9 Å². The van der Waals surface area contributed by atoms with Gasteiger partial charge in [0.1, 0.15) is 13.2 Å². The molecule has 2 unspecified atom stereocenters. The predicted octanol–water partition coefficient (Wildman–Crippen LogP) is 12.1. The Balaban J connectivity index is 4.25. The van der Waals surface area contributed by atoms with Gasteiger partial charge in [0.05, 0.1) is 34.4 Å². The summed E-state index contributed by atoms with van der Waals surface area (Å²) in [4.78, 5) is 37.0. The fourth-order valence-corrected chi connectivity index (χ4v) is 6.34. The Morgan fingerprint density at radius 2 is 0.964 bits per heavy atom. The maximum absolute atomic E-state index is 12.7. The lowest BCUT2D eigenvalue weighted by atomic mass is 10.0. The van der Waals surface area contributed by atoms with Crippen molar-refractivity contribution >= 4 is 17.9 Å². The first kappa shape index (κ1) is 53.8. The molecular weight excluding hydrogens is 707 g/mol. The monoisotopic (exact) mass is 795 g/mol. The number of esters is 2. The van der Waals surface area contributed by atoms with Crippen LogP contribution in [0.25, 0.3) is 0 Å². The lowest BCUT2D eigenvalue weighted by Gasteiger charge is -2.25. The largest absolute Gasteiger partial charge is 0.477 e. The fourth-order valence-electron chi connectivity index (χ4n) is 6.34. The van der Waals surface area contributed by atoms with Crippen molar-refractivity contribution in [3.8, 4) is 0 Å². The number of nitrogens with zero attached hydrogens (tertiary/aromatic N) is 1. The normalized spacial score (nSPS) is 13.1. The average molecular weight is 795 g/mol. The van der Waals surface area contributed by atoms with Crippen LogP contribution in [0.3, 0.4) is 0 Å². The van der Waals surface area contributed by atoms with E-state index in [-0.39, 0.29) is 32.2 Å². The van der Waals surface area contributed by atoms with Crippen molar-refractivity contribution in [1.29, 1.82) is 0 Å². The van der Waals surface area contributed by atoms with E-state index in [1.807, 2.05) is 21.1 Å². The molecule has 9 heteroatoms. The van der Waals surface area contributed by atoms with Crippen LogP contribution in [0.4, 0.5) is 0 Å². The first-order valence-corrected chi connectivity index (χ1v) is 23.0. The minimum atomic E-state index is -1.50. The highest BCUT2D eigenvalue weighted by molar-refractivity contribution is 5.71. The zero-order valence-electron chi connectivity index (χ0n) is 37.1. The summed E-state index contributed by atoms with van der Waals surface area (Å²) in [6.45, 7) is 4.83. The lowest BCUT2D eigenvalue weighted by molar-refractivity contribution is -0.870. The Hall–Kier alpha value is -2.23. The van der Waals surface area contributed by atoms with Crippen LogP contribution in [0, 0.1) is 0 Å². The molecule has 0 amide bonds. The standard InChI is InChI=1S/C47H87NO8/c1-6-8-10-12-14-16-17-18-19-20-21-22-23-24-25-26-27-28-29-30-32-34-36-38-45(50)56-43(42-55-47(46(51)52)53-40-39-48(3,4)5)41-54-44(49)37-35-33-31-15-13-11-9-7-2/h17-18,20-21,43,47H,6-16,19,22-42H2,1-5H3/p+1/b18-17-,21-20-. The maximum atomic E-state index is 12.7. The number of rotatable bonds is 42. The molecule has 0 radical (unpaired) electrons. The molecule has 0 aromatic heterocycles. The molecule has 0 rings (SSSR count). The molecule has 9 nitrogen and oxygen atoms in total. The van der Waals surface area contributed by atoms with Crippen LogP contribution >= 0.6 is 0 Å². The van der Waals surface area contributed by atoms with Crippen LogP contribution in [0.2, 0.25) is 0 Å². The quantitative estimate of drug-likeness (QED) is 0.0214. The Bertz CT molecular complexity index is 976. The van der Waals surface area contributed by atoms with Gasteiger partial charge in [-0.15, -0.1) is 0 Å². The Labute approximate surface area is 344 Å². The van der Waals surface area contributed by atoms with Gasteiger partial charge in [0.15, 0.2) is 6.10 Å². The molecule has 0 aliphatic heterocycles. The van der Waals surface area contributed by atoms with Crippen LogP contribution in [0.15, 0.2) is 24.3 Å². The molecular formula is C47H88NO8+. The first-order valence-electron chi connectivity index (χ1n) is 23.0. The smallest absolute Gasteiger partial charge is 0.361 e. The molecule has 328 valence electrons. The highest BCUT2D eigenvalue weighted by atomic mass is 16.7. The van der Waals surface area contributed by atoms with Crippen molar-refractivity contribution in [3.05, 3.63) is 24.3 Å². The van der Waals surface area contributed by atoms with Gasteiger partial charge in [0.25, 0.3) is 6.29 Å². The van der Waals surface area contributed by atoms with Crippen molar-refractivity contribution < 1.29 is 42.9 Å². The van der Waals surface area contributed by atoms with Crippen LogP contribution in [0.5, 0.6) is 0 Å². The Morgan fingerprint density at radius 3 is 1.41 bits per heavy atom. The summed E-state index contributed by atoms with van der Waals surface area (Å²) < 4.78 is 22.7. The molecule has 56 heavy (non-hydrogen) atoms. The molecule has 1 N–H and O–H groups in total. The molecule has 0 aromatic carbocycles. The molecule has 0 spiro atoms. The highest BCUT2D eigenvalue weighted by Gasteiger charge is 2.25. The summed E-state index contributed by atoms with van der Waals surface area (Å²) in [6, 6.07) is 0. The molecule has 0 saturated heterocycles. The van der Waals surface area contributed by atoms with Crippen LogP contribution in [0.1, 0.15) is 200 Å². The van der Waals surface area contributed by atoms with E-state index in [0.717, 1.165) is 44.9 Å². The van der Waals surface area contributed by atoms with Gasteiger partial charge >= 0.3 is 17.9 Å². The van der Waals surface area contributed by atoms with Gasteiger partial charge in [-0.2, -0.15) is 0 Å². The number of quaternary nitrogens is 1. The van der Waals surface area contributed by atoms with E-state index in [0.29, 0.717) is 17.4 Å². The van der Waals surface area contributed by atoms with Crippen molar-refractivity contribution in [3.63, 3.8) is 0 Å². The number of hydrogen-bond acceptors (Lipinski definition) is 7. The number of allylic oxidation sites excluding steroid dienone is 4. The van der Waals surface area contributed by atoms with Gasteiger partial charge in [0.2, 0.25) is 0 Å². The van der Waals surface area contributed by atoms with Crippen LogP contribution in [-0.4, -0.2) is 87.4 Å².